The molecule has 0 aliphatic carbocycles. The minimum atomic E-state index is -4.06. The van der Waals surface area contributed by atoms with Crippen LogP contribution in [0.25, 0.3) is 0 Å². The van der Waals surface area contributed by atoms with Gasteiger partial charge in [0.15, 0.2) is 0 Å². The number of rotatable bonds is 4. The van der Waals surface area contributed by atoms with Gasteiger partial charge in [0.25, 0.3) is 10.1 Å². The second-order valence-electron chi connectivity index (χ2n) is 3.19. The Hall–Kier alpha value is -0.273. The van der Waals surface area contributed by atoms with Gasteiger partial charge in [0, 0.05) is 0 Å². The molecule has 0 saturated carbocycles. The SMILES string of the molecule is CCCCc1ccccc1S(=O)(=O)O.[LiH]. The van der Waals surface area contributed by atoms with E-state index in [1.54, 1.807) is 18.2 Å². The third-order valence-electron chi connectivity index (χ3n) is 2.05. The van der Waals surface area contributed by atoms with Gasteiger partial charge in [-0.1, -0.05) is 31.5 Å². The predicted octanol–water partition coefficient (Wildman–Crippen LogP) is 1.63. The van der Waals surface area contributed by atoms with E-state index in [9.17, 15) is 8.42 Å². The van der Waals surface area contributed by atoms with Crippen LogP contribution in [0.4, 0.5) is 0 Å². The first-order valence-electron chi connectivity index (χ1n) is 4.61. The van der Waals surface area contributed by atoms with Crippen LogP contribution < -0.4 is 0 Å². The molecule has 0 aromatic heterocycles. The summed E-state index contributed by atoms with van der Waals surface area (Å²) < 4.78 is 30.9. The summed E-state index contributed by atoms with van der Waals surface area (Å²) in [5, 5.41) is 0. The van der Waals surface area contributed by atoms with Crippen LogP contribution in [0.15, 0.2) is 29.2 Å². The van der Waals surface area contributed by atoms with Gasteiger partial charge in [-0.15, -0.1) is 0 Å². The molecule has 0 atom stereocenters. The van der Waals surface area contributed by atoms with Gasteiger partial charge in [0.05, 0.1) is 4.90 Å². The van der Waals surface area contributed by atoms with E-state index in [-0.39, 0.29) is 23.8 Å². The fourth-order valence-corrected chi connectivity index (χ4v) is 2.08. The van der Waals surface area contributed by atoms with Crippen LogP contribution in [0.1, 0.15) is 25.3 Å². The standard InChI is InChI=1S/C10H14O3S.Li.H/c1-2-3-6-9-7-4-5-8-10(9)14(11,12)13;;/h4-5,7-8H,2-3,6H2,1H3,(H,11,12,13);;. The van der Waals surface area contributed by atoms with Gasteiger partial charge in [-0.25, -0.2) is 0 Å². The molecule has 0 amide bonds. The normalized spacial score (nSPS) is 10.8. The maximum absolute atomic E-state index is 11.0. The average Bonchev–Trinajstić information content (AvgIpc) is 2.14. The summed E-state index contributed by atoms with van der Waals surface area (Å²) in [7, 11) is -4.06. The Bertz CT molecular complexity index is 401. The number of unbranched alkanes of at least 4 members (excludes halogenated alkanes) is 1. The van der Waals surface area contributed by atoms with E-state index in [0.29, 0.717) is 12.0 Å². The van der Waals surface area contributed by atoms with Crippen molar-refractivity contribution < 1.29 is 13.0 Å². The van der Waals surface area contributed by atoms with Crippen LogP contribution in [0.3, 0.4) is 0 Å². The van der Waals surface area contributed by atoms with Gasteiger partial charge in [-0.2, -0.15) is 8.42 Å². The molecule has 0 unspecified atom stereocenters. The van der Waals surface area contributed by atoms with Gasteiger partial charge in [-0.3, -0.25) is 4.55 Å². The Labute approximate surface area is 103 Å². The van der Waals surface area contributed by atoms with E-state index in [2.05, 4.69) is 0 Å². The molecule has 15 heavy (non-hydrogen) atoms. The molecule has 0 radical (unpaired) electrons. The molecule has 1 aromatic rings. The van der Waals surface area contributed by atoms with Crippen molar-refractivity contribution in [1.82, 2.24) is 0 Å². The summed E-state index contributed by atoms with van der Waals surface area (Å²) in [4.78, 5) is 0.0356. The van der Waals surface area contributed by atoms with Crippen molar-refractivity contribution in [1.29, 1.82) is 0 Å². The molecular weight excluding hydrogens is 207 g/mol. The summed E-state index contributed by atoms with van der Waals surface area (Å²) >= 11 is 0. The molecular formula is C10H15LiO3S. The van der Waals surface area contributed by atoms with Crippen molar-refractivity contribution in [3.05, 3.63) is 29.8 Å². The predicted molar refractivity (Wildman–Crippen MR) is 62.0 cm³/mol. The second-order valence-corrected chi connectivity index (χ2v) is 4.58. The van der Waals surface area contributed by atoms with Crippen molar-refractivity contribution in [2.45, 2.75) is 31.1 Å². The van der Waals surface area contributed by atoms with Crippen molar-refractivity contribution in [3.8, 4) is 0 Å². The zero-order chi connectivity index (χ0) is 10.6. The Morgan fingerprint density at radius 2 is 1.87 bits per heavy atom. The Morgan fingerprint density at radius 3 is 2.40 bits per heavy atom. The van der Waals surface area contributed by atoms with Crippen molar-refractivity contribution in [3.63, 3.8) is 0 Å². The number of benzene rings is 1. The van der Waals surface area contributed by atoms with E-state index in [0.717, 1.165) is 12.8 Å². The van der Waals surface area contributed by atoms with Gasteiger partial charge >= 0.3 is 18.9 Å². The van der Waals surface area contributed by atoms with Crippen LogP contribution >= 0.6 is 0 Å². The summed E-state index contributed by atoms with van der Waals surface area (Å²) in [6.45, 7) is 2.04. The Kier molecular flexibility index (Phi) is 6.23. The van der Waals surface area contributed by atoms with Crippen LogP contribution in [-0.4, -0.2) is 31.8 Å². The molecule has 1 aromatic carbocycles. The molecule has 80 valence electrons. The fourth-order valence-electron chi connectivity index (χ4n) is 1.33. The molecule has 0 bridgehead atoms. The van der Waals surface area contributed by atoms with E-state index in [4.69, 9.17) is 4.55 Å². The molecule has 5 heteroatoms. The molecule has 0 spiro atoms. The number of hydrogen-bond acceptors (Lipinski definition) is 2. The third kappa shape index (κ3) is 4.39. The van der Waals surface area contributed by atoms with Gasteiger partial charge < -0.3 is 0 Å². The topological polar surface area (TPSA) is 54.4 Å². The molecule has 3 nitrogen and oxygen atoms in total. The first kappa shape index (κ1) is 14.7. The summed E-state index contributed by atoms with van der Waals surface area (Å²) in [5.74, 6) is 0. The molecule has 1 N–H and O–H groups in total. The average molecular weight is 222 g/mol. The molecule has 0 heterocycles. The zero-order valence-corrected chi connectivity index (χ0v) is 8.92. The van der Waals surface area contributed by atoms with Crippen LogP contribution in [0.5, 0.6) is 0 Å². The van der Waals surface area contributed by atoms with Crippen LogP contribution in [0.2, 0.25) is 0 Å². The van der Waals surface area contributed by atoms with E-state index < -0.39 is 10.1 Å². The van der Waals surface area contributed by atoms with Crippen molar-refractivity contribution in [2.24, 2.45) is 0 Å². The van der Waals surface area contributed by atoms with Crippen LogP contribution in [0, 0.1) is 0 Å². The third-order valence-corrected chi connectivity index (χ3v) is 3.00. The minimum absolute atomic E-state index is 0. The molecule has 1 rings (SSSR count). The van der Waals surface area contributed by atoms with E-state index >= 15 is 0 Å². The van der Waals surface area contributed by atoms with Gasteiger partial charge in [0.2, 0.25) is 0 Å². The zero-order valence-electron chi connectivity index (χ0n) is 8.10. The quantitative estimate of drug-likeness (QED) is 0.622. The molecule has 0 saturated heterocycles. The van der Waals surface area contributed by atoms with Gasteiger partial charge in [-0.05, 0) is 24.5 Å². The van der Waals surface area contributed by atoms with Crippen LogP contribution in [-0.2, 0) is 16.5 Å². The number of aryl methyl sites for hydroxylation is 1. The Balaban J connectivity index is 0.00000196. The maximum atomic E-state index is 11.0. The Morgan fingerprint density at radius 1 is 1.27 bits per heavy atom. The molecule has 0 fully saturated rings. The summed E-state index contributed by atoms with van der Waals surface area (Å²) in [6.07, 6.45) is 2.61. The van der Waals surface area contributed by atoms with E-state index in [1.807, 2.05) is 6.92 Å². The molecule has 0 aliphatic rings. The van der Waals surface area contributed by atoms with Crippen molar-refractivity contribution in [2.75, 3.05) is 0 Å². The first-order chi connectivity index (χ1) is 6.55. The second kappa shape index (κ2) is 6.34. The fraction of sp³-hybridized carbons (Fsp3) is 0.400. The molecule has 0 aliphatic heterocycles. The van der Waals surface area contributed by atoms with Gasteiger partial charge in [0.1, 0.15) is 0 Å². The monoisotopic (exact) mass is 222 g/mol. The number of hydrogen-bond donors (Lipinski definition) is 1. The van der Waals surface area contributed by atoms with E-state index in [1.165, 1.54) is 6.07 Å². The first-order valence-corrected chi connectivity index (χ1v) is 6.05. The van der Waals surface area contributed by atoms with Crippen molar-refractivity contribution >= 4 is 29.0 Å². The summed E-state index contributed by atoms with van der Waals surface area (Å²) in [6, 6.07) is 6.55. The summed E-state index contributed by atoms with van der Waals surface area (Å²) in [5.41, 5.74) is 0.692.